The molecule has 1 rings (SSSR count). The van der Waals surface area contributed by atoms with Gasteiger partial charge in [-0.3, -0.25) is 0 Å². The number of hydrogen-bond acceptors (Lipinski definition) is 7. The number of ether oxygens (including phenoxy) is 2. The molecule has 0 heterocycles. The third-order valence-electron chi connectivity index (χ3n) is 1.32. The number of hydrogen-bond donors (Lipinski definition) is 0. The Labute approximate surface area is 83.9 Å². The molecule has 0 aliphatic carbocycles. The second-order valence-electron chi connectivity index (χ2n) is 2.19. The van der Waals surface area contributed by atoms with E-state index in [1.165, 1.54) is 30.7 Å². The lowest BCUT2D eigenvalue weighted by Crippen LogP contribution is -1.88. The molecule has 0 fully saturated rings. The molecule has 0 aromatic heterocycles. The Bertz CT molecular complexity index is 412. The van der Waals surface area contributed by atoms with E-state index < -0.39 is 0 Å². The van der Waals surface area contributed by atoms with E-state index in [1.807, 2.05) is 0 Å². The number of nitriles is 2. The summed E-state index contributed by atoms with van der Waals surface area (Å²) in [6, 6.07) is 3.77. The zero-order chi connectivity index (χ0) is 11.1. The second-order valence-corrected chi connectivity index (χ2v) is 2.19. The van der Waals surface area contributed by atoms with Crippen LogP contribution in [-0.4, -0.2) is 0 Å². The van der Waals surface area contributed by atoms with Crippen LogP contribution in [0.3, 0.4) is 0 Å². The van der Waals surface area contributed by atoms with Crippen molar-refractivity contribution in [3.63, 3.8) is 0 Å². The molecule has 15 heavy (non-hydrogen) atoms. The summed E-state index contributed by atoms with van der Waals surface area (Å²) in [6.07, 6.45) is 2.84. The standard InChI is InChI=1S/C8H3N3O4/c9-4-13-6-1-7(14-5-10)3-8(2-6)15-11-12/h1-3H. The van der Waals surface area contributed by atoms with Gasteiger partial charge in [-0.2, -0.15) is 0 Å². The molecule has 0 unspecified atom stereocenters. The van der Waals surface area contributed by atoms with Gasteiger partial charge in [0.25, 0.3) is 12.5 Å². The van der Waals surface area contributed by atoms with E-state index in [9.17, 15) is 4.91 Å². The van der Waals surface area contributed by atoms with Crippen LogP contribution in [0.15, 0.2) is 23.5 Å². The zero-order valence-electron chi connectivity index (χ0n) is 7.21. The molecule has 0 saturated carbocycles. The third-order valence-corrected chi connectivity index (χ3v) is 1.32. The highest BCUT2D eigenvalue weighted by Crippen LogP contribution is 2.27. The lowest BCUT2D eigenvalue weighted by atomic mass is 10.3. The van der Waals surface area contributed by atoms with Crippen molar-refractivity contribution in [1.82, 2.24) is 0 Å². The predicted octanol–water partition coefficient (Wildman–Crippen LogP) is 1.47. The first-order chi connectivity index (χ1) is 7.30. The van der Waals surface area contributed by atoms with Crippen LogP contribution in [-0.2, 0) is 0 Å². The maximum atomic E-state index is 9.83. The van der Waals surface area contributed by atoms with Crippen LogP contribution in [0.1, 0.15) is 0 Å². The average molecular weight is 205 g/mol. The van der Waals surface area contributed by atoms with Crippen LogP contribution in [0.4, 0.5) is 0 Å². The maximum Gasteiger partial charge on any atom is 0.292 e. The highest BCUT2D eigenvalue weighted by Gasteiger charge is 2.05. The second kappa shape index (κ2) is 5.04. The number of nitrogens with zero attached hydrogens (tertiary/aromatic N) is 3. The Morgan fingerprint density at radius 1 is 1.00 bits per heavy atom. The van der Waals surface area contributed by atoms with Gasteiger partial charge in [0.1, 0.15) is 11.5 Å². The minimum Gasteiger partial charge on any atom is -0.388 e. The molecule has 0 N–H and O–H groups in total. The largest absolute Gasteiger partial charge is 0.388 e. The van der Waals surface area contributed by atoms with Crippen molar-refractivity contribution in [2.75, 3.05) is 0 Å². The van der Waals surface area contributed by atoms with Crippen LogP contribution in [0, 0.1) is 27.9 Å². The fourth-order valence-electron chi connectivity index (χ4n) is 0.865. The summed E-state index contributed by atoms with van der Waals surface area (Å²) in [7, 11) is 0. The average Bonchev–Trinajstić information content (AvgIpc) is 2.19. The SMILES string of the molecule is N#COc1cc(OC#N)cc(ON=O)c1. The van der Waals surface area contributed by atoms with E-state index in [1.54, 1.807) is 0 Å². The molecular weight excluding hydrogens is 202 g/mol. The molecule has 0 saturated heterocycles. The maximum absolute atomic E-state index is 9.83. The monoisotopic (exact) mass is 205 g/mol. The lowest BCUT2D eigenvalue weighted by molar-refractivity contribution is 0.331. The molecule has 7 nitrogen and oxygen atoms in total. The summed E-state index contributed by atoms with van der Waals surface area (Å²) in [5, 5.41) is 18.7. The van der Waals surface area contributed by atoms with Crippen LogP contribution in [0.25, 0.3) is 0 Å². The molecule has 7 heteroatoms. The van der Waals surface area contributed by atoms with Crippen molar-refractivity contribution in [2.45, 2.75) is 0 Å². The molecule has 1 aromatic rings. The van der Waals surface area contributed by atoms with E-state index >= 15 is 0 Å². The van der Waals surface area contributed by atoms with Crippen LogP contribution < -0.4 is 14.3 Å². The lowest BCUT2D eigenvalue weighted by Gasteiger charge is -2.01. The van der Waals surface area contributed by atoms with Crippen molar-refractivity contribution in [2.24, 2.45) is 5.34 Å². The van der Waals surface area contributed by atoms with Crippen molar-refractivity contribution in [1.29, 1.82) is 10.5 Å². The van der Waals surface area contributed by atoms with E-state index in [-0.39, 0.29) is 17.2 Å². The summed E-state index contributed by atoms with van der Waals surface area (Å²) in [5.41, 5.74) is 0. The topological polar surface area (TPSA) is 105 Å². The van der Waals surface area contributed by atoms with Gasteiger partial charge in [0.05, 0.1) is 0 Å². The Kier molecular flexibility index (Phi) is 3.46. The number of benzene rings is 1. The first-order valence-electron chi connectivity index (χ1n) is 3.57. The molecule has 0 radical (unpaired) electrons. The molecule has 1 aromatic carbocycles. The molecule has 74 valence electrons. The van der Waals surface area contributed by atoms with Crippen molar-refractivity contribution < 1.29 is 14.3 Å². The smallest absolute Gasteiger partial charge is 0.292 e. The van der Waals surface area contributed by atoms with Gasteiger partial charge in [-0.25, -0.2) is 0 Å². The Hall–Kier alpha value is -2.80. The van der Waals surface area contributed by atoms with Gasteiger partial charge in [0.15, 0.2) is 11.1 Å². The summed E-state index contributed by atoms with van der Waals surface area (Å²) >= 11 is 0. The fourth-order valence-corrected chi connectivity index (χ4v) is 0.865. The van der Waals surface area contributed by atoms with Crippen LogP contribution >= 0.6 is 0 Å². The zero-order valence-corrected chi connectivity index (χ0v) is 7.21. The highest BCUT2D eigenvalue weighted by atomic mass is 16.7. The molecule has 0 aliphatic rings. The molecule has 0 spiro atoms. The Morgan fingerprint density at radius 3 is 1.87 bits per heavy atom. The van der Waals surface area contributed by atoms with Crippen LogP contribution in [0.5, 0.6) is 17.2 Å². The molecule has 0 aliphatic heterocycles. The van der Waals surface area contributed by atoms with E-state index in [0.717, 1.165) is 0 Å². The quantitative estimate of drug-likeness (QED) is 0.418. The summed E-state index contributed by atoms with van der Waals surface area (Å²) in [4.78, 5) is 14.1. The Balaban J connectivity index is 3.03. The highest BCUT2D eigenvalue weighted by molar-refractivity contribution is 5.42. The van der Waals surface area contributed by atoms with E-state index in [4.69, 9.17) is 10.5 Å². The third kappa shape index (κ3) is 2.86. The van der Waals surface area contributed by atoms with E-state index in [2.05, 4.69) is 19.7 Å². The van der Waals surface area contributed by atoms with Crippen molar-refractivity contribution in [3.8, 4) is 29.8 Å². The van der Waals surface area contributed by atoms with Crippen molar-refractivity contribution >= 4 is 0 Å². The van der Waals surface area contributed by atoms with Crippen molar-refractivity contribution in [3.05, 3.63) is 23.1 Å². The normalized spacial score (nSPS) is 8.13. The predicted molar refractivity (Wildman–Crippen MR) is 45.3 cm³/mol. The minimum absolute atomic E-state index is 0.00278. The number of rotatable bonds is 4. The molecule has 0 bridgehead atoms. The Morgan fingerprint density at radius 2 is 1.47 bits per heavy atom. The summed E-state index contributed by atoms with van der Waals surface area (Å²) < 4.78 is 8.94. The minimum atomic E-state index is 0.00278. The molecule has 0 atom stereocenters. The van der Waals surface area contributed by atoms with Gasteiger partial charge in [-0.15, -0.1) is 15.4 Å². The summed E-state index contributed by atoms with van der Waals surface area (Å²) in [5.74, 6) is 0.149. The molecule has 0 amide bonds. The van der Waals surface area contributed by atoms with Crippen LogP contribution in [0.2, 0.25) is 0 Å². The van der Waals surface area contributed by atoms with Gasteiger partial charge in [0, 0.05) is 18.2 Å². The van der Waals surface area contributed by atoms with E-state index in [0.29, 0.717) is 0 Å². The van der Waals surface area contributed by atoms with Gasteiger partial charge >= 0.3 is 0 Å². The van der Waals surface area contributed by atoms with Gasteiger partial charge < -0.3 is 14.3 Å². The van der Waals surface area contributed by atoms with Gasteiger partial charge in [-0.1, -0.05) is 0 Å². The summed E-state index contributed by atoms with van der Waals surface area (Å²) in [6.45, 7) is 0. The van der Waals surface area contributed by atoms with Gasteiger partial charge in [0.2, 0.25) is 0 Å². The first kappa shape index (κ1) is 10.3. The first-order valence-corrected chi connectivity index (χ1v) is 3.57. The fraction of sp³-hybridized carbons (Fsp3) is 0. The molecular formula is C8H3N3O4. The van der Waals surface area contributed by atoms with Gasteiger partial charge in [-0.05, 0) is 0 Å².